The normalized spacial score (nSPS) is 11.6. The Morgan fingerprint density at radius 3 is 2.64 bits per heavy atom. The van der Waals surface area contributed by atoms with Crippen molar-refractivity contribution in [2.24, 2.45) is 0 Å². The highest BCUT2D eigenvalue weighted by Crippen LogP contribution is 2.35. The number of rotatable bonds is 5. The fourth-order valence-electron chi connectivity index (χ4n) is 2.64. The van der Waals surface area contributed by atoms with Crippen molar-refractivity contribution >= 4 is 44.2 Å². The summed E-state index contributed by atoms with van der Waals surface area (Å²) in [5.74, 6) is -0.254. The molecule has 148 valence electrons. The Labute approximate surface area is 167 Å². The number of anilines is 1. The molecular formula is C18H14ClF3N2O3S. The Balaban J connectivity index is 1.93. The van der Waals surface area contributed by atoms with Gasteiger partial charge in [0.2, 0.25) is 0 Å². The molecule has 1 heterocycles. The van der Waals surface area contributed by atoms with Crippen molar-refractivity contribution in [2.75, 3.05) is 19.5 Å². The van der Waals surface area contributed by atoms with Crippen LogP contribution in [0, 0.1) is 0 Å². The highest BCUT2D eigenvalue weighted by Gasteiger charge is 2.30. The van der Waals surface area contributed by atoms with E-state index in [0.717, 1.165) is 23.5 Å². The summed E-state index contributed by atoms with van der Waals surface area (Å²) in [6.45, 7) is 0.186. The van der Waals surface area contributed by atoms with E-state index >= 15 is 0 Å². The topological polar surface area (TPSA) is 60.5 Å². The Morgan fingerprint density at radius 2 is 2.00 bits per heavy atom. The van der Waals surface area contributed by atoms with E-state index in [2.05, 4.69) is 10.3 Å². The van der Waals surface area contributed by atoms with E-state index in [4.69, 9.17) is 21.1 Å². The molecule has 0 radical (unpaired) electrons. The SMILES string of the molecule is COCc1cc(Cl)cc(C(=O)Nc2nc3ccc(C(F)(F)F)cc3s2)c1OC. The van der Waals surface area contributed by atoms with Crippen molar-refractivity contribution in [1.82, 2.24) is 4.98 Å². The summed E-state index contributed by atoms with van der Waals surface area (Å²) in [5, 5.41) is 3.06. The summed E-state index contributed by atoms with van der Waals surface area (Å²) in [7, 11) is 2.91. The average molecular weight is 431 g/mol. The molecule has 0 atom stereocenters. The van der Waals surface area contributed by atoms with Gasteiger partial charge in [-0.2, -0.15) is 13.2 Å². The lowest BCUT2D eigenvalue weighted by Crippen LogP contribution is -2.14. The molecule has 0 fully saturated rings. The van der Waals surface area contributed by atoms with Crippen LogP contribution in [0.1, 0.15) is 21.5 Å². The molecule has 28 heavy (non-hydrogen) atoms. The van der Waals surface area contributed by atoms with E-state index < -0.39 is 17.6 Å². The summed E-state index contributed by atoms with van der Waals surface area (Å²) in [4.78, 5) is 16.9. The summed E-state index contributed by atoms with van der Waals surface area (Å²) >= 11 is 7.02. The number of aromatic nitrogens is 1. The number of methoxy groups -OCH3 is 2. The fourth-order valence-corrected chi connectivity index (χ4v) is 3.78. The third kappa shape index (κ3) is 4.21. The Bertz CT molecular complexity index is 1040. The summed E-state index contributed by atoms with van der Waals surface area (Å²) in [6.07, 6.45) is -4.45. The monoisotopic (exact) mass is 430 g/mol. The molecule has 0 bridgehead atoms. The minimum absolute atomic E-state index is 0.162. The van der Waals surface area contributed by atoms with Crippen LogP contribution in [-0.2, 0) is 17.5 Å². The van der Waals surface area contributed by atoms with Gasteiger partial charge in [0.05, 0.1) is 35.1 Å². The van der Waals surface area contributed by atoms with E-state index in [1.54, 1.807) is 6.07 Å². The molecule has 10 heteroatoms. The van der Waals surface area contributed by atoms with Crippen LogP contribution < -0.4 is 10.1 Å². The lowest BCUT2D eigenvalue weighted by Gasteiger charge is -2.13. The number of fused-ring (bicyclic) bond motifs is 1. The van der Waals surface area contributed by atoms with Crippen LogP contribution in [0.5, 0.6) is 5.75 Å². The fraction of sp³-hybridized carbons (Fsp3) is 0.222. The van der Waals surface area contributed by atoms with Gasteiger partial charge in [-0.3, -0.25) is 10.1 Å². The number of amides is 1. The van der Waals surface area contributed by atoms with Crippen LogP contribution in [0.4, 0.5) is 18.3 Å². The molecule has 5 nitrogen and oxygen atoms in total. The molecule has 0 aliphatic rings. The molecule has 0 saturated heterocycles. The van der Waals surface area contributed by atoms with E-state index in [0.29, 0.717) is 26.6 Å². The number of carbonyl (C=O) groups is 1. The third-order valence-electron chi connectivity index (χ3n) is 3.82. The zero-order valence-electron chi connectivity index (χ0n) is 14.7. The Hall–Kier alpha value is -2.36. The first-order chi connectivity index (χ1) is 13.2. The van der Waals surface area contributed by atoms with Gasteiger partial charge < -0.3 is 9.47 Å². The second kappa shape index (κ2) is 7.94. The predicted molar refractivity (Wildman–Crippen MR) is 101 cm³/mol. The number of alkyl halides is 3. The second-order valence-electron chi connectivity index (χ2n) is 5.73. The number of nitrogens with zero attached hydrogens (tertiary/aromatic N) is 1. The van der Waals surface area contributed by atoms with Gasteiger partial charge in [0.15, 0.2) is 5.13 Å². The molecule has 2 aromatic carbocycles. The molecule has 0 unspecified atom stereocenters. The van der Waals surface area contributed by atoms with Crippen LogP contribution in [0.2, 0.25) is 5.02 Å². The first-order valence-electron chi connectivity index (χ1n) is 7.87. The number of ether oxygens (including phenoxy) is 2. The first kappa shape index (κ1) is 20.4. The number of thiazole rings is 1. The Morgan fingerprint density at radius 1 is 1.25 bits per heavy atom. The quantitative estimate of drug-likeness (QED) is 0.590. The van der Waals surface area contributed by atoms with Gasteiger partial charge in [0, 0.05) is 17.7 Å². The summed E-state index contributed by atoms with van der Waals surface area (Å²) in [5.41, 5.74) is 0.327. The maximum absolute atomic E-state index is 12.9. The third-order valence-corrected chi connectivity index (χ3v) is 4.97. The van der Waals surface area contributed by atoms with E-state index in [-0.39, 0.29) is 17.3 Å². The predicted octanol–water partition coefficient (Wildman–Crippen LogP) is 5.38. The highest BCUT2D eigenvalue weighted by atomic mass is 35.5. The van der Waals surface area contributed by atoms with Crippen molar-refractivity contribution < 1.29 is 27.4 Å². The molecule has 1 amide bonds. The van der Waals surface area contributed by atoms with Gasteiger partial charge in [0.1, 0.15) is 5.75 Å². The number of benzene rings is 2. The van der Waals surface area contributed by atoms with E-state index in [9.17, 15) is 18.0 Å². The van der Waals surface area contributed by atoms with Crippen molar-refractivity contribution in [3.8, 4) is 5.75 Å². The van der Waals surface area contributed by atoms with Gasteiger partial charge in [0.25, 0.3) is 5.91 Å². The number of hydrogen-bond acceptors (Lipinski definition) is 5. The maximum Gasteiger partial charge on any atom is 0.416 e. The number of nitrogens with one attached hydrogen (secondary N) is 1. The van der Waals surface area contributed by atoms with Crippen molar-refractivity contribution in [3.63, 3.8) is 0 Å². The summed E-state index contributed by atoms with van der Waals surface area (Å²) < 4.78 is 49.3. The smallest absolute Gasteiger partial charge is 0.416 e. The molecule has 0 saturated carbocycles. The summed E-state index contributed by atoms with van der Waals surface area (Å²) in [6, 6.07) is 6.27. The van der Waals surface area contributed by atoms with Crippen molar-refractivity contribution in [3.05, 3.63) is 52.0 Å². The molecule has 1 N–H and O–H groups in total. The number of hydrogen-bond donors (Lipinski definition) is 1. The number of carbonyl (C=O) groups excluding carboxylic acids is 1. The van der Waals surface area contributed by atoms with Crippen LogP contribution in [0.25, 0.3) is 10.2 Å². The average Bonchev–Trinajstić information content (AvgIpc) is 3.02. The maximum atomic E-state index is 12.9. The molecule has 0 aliphatic carbocycles. The zero-order chi connectivity index (χ0) is 20.5. The lowest BCUT2D eigenvalue weighted by molar-refractivity contribution is -0.137. The Kier molecular flexibility index (Phi) is 5.78. The van der Waals surface area contributed by atoms with E-state index in [1.165, 1.54) is 26.4 Å². The molecular weight excluding hydrogens is 417 g/mol. The molecule has 1 aromatic heterocycles. The highest BCUT2D eigenvalue weighted by molar-refractivity contribution is 7.22. The van der Waals surface area contributed by atoms with Crippen molar-refractivity contribution in [1.29, 1.82) is 0 Å². The lowest BCUT2D eigenvalue weighted by atomic mass is 10.1. The van der Waals surface area contributed by atoms with Gasteiger partial charge in [-0.05, 0) is 30.3 Å². The standard InChI is InChI=1S/C18H14ClF3N2O3S/c1-26-8-9-5-11(19)7-12(15(9)27-2)16(25)24-17-23-13-4-3-10(18(20,21)22)6-14(13)28-17/h3-7H,8H2,1-2H3,(H,23,24,25). The zero-order valence-corrected chi connectivity index (χ0v) is 16.3. The second-order valence-corrected chi connectivity index (χ2v) is 7.20. The molecule has 3 rings (SSSR count). The minimum atomic E-state index is -4.45. The van der Waals surface area contributed by atoms with Gasteiger partial charge in [-0.15, -0.1) is 0 Å². The van der Waals surface area contributed by atoms with Gasteiger partial charge in [-0.1, -0.05) is 22.9 Å². The minimum Gasteiger partial charge on any atom is -0.496 e. The molecule has 0 aliphatic heterocycles. The molecule has 0 spiro atoms. The first-order valence-corrected chi connectivity index (χ1v) is 9.07. The van der Waals surface area contributed by atoms with E-state index in [1.807, 2.05) is 0 Å². The number of halogens is 4. The largest absolute Gasteiger partial charge is 0.496 e. The van der Waals surface area contributed by atoms with Crippen LogP contribution in [-0.4, -0.2) is 25.1 Å². The van der Waals surface area contributed by atoms with Gasteiger partial charge >= 0.3 is 6.18 Å². The van der Waals surface area contributed by atoms with Gasteiger partial charge in [-0.25, -0.2) is 4.98 Å². The van der Waals surface area contributed by atoms with Crippen LogP contribution >= 0.6 is 22.9 Å². The molecule has 3 aromatic rings. The van der Waals surface area contributed by atoms with Crippen LogP contribution in [0.3, 0.4) is 0 Å². The van der Waals surface area contributed by atoms with Crippen LogP contribution in [0.15, 0.2) is 30.3 Å². The van der Waals surface area contributed by atoms with Crippen molar-refractivity contribution in [2.45, 2.75) is 12.8 Å².